The van der Waals surface area contributed by atoms with Crippen molar-refractivity contribution in [2.75, 3.05) is 44.2 Å². The van der Waals surface area contributed by atoms with Crippen molar-refractivity contribution in [3.8, 4) is 0 Å². The molecule has 1 aliphatic heterocycles. The van der Waals surface area contributed by atoms with Gasteiger partial charge in [-0.2, -0.15) is 13.2 Å². The number of amides is 1. The van der Waals surface area contributed by atoms with Gasteiger partial charge in [0.1, 0.15) is 37.4 Å². The number of nitrogens with zero attached hydrogens (tertiary/aromatic N) is 1. The summed E-state index contributed by atoms with van der Waals surface area (Å²) in [4.78, 5) is 17.6. The lowest BCUT2D eigenvalue weighted by Gasteiger charge is -2.28. The van der Waals surface area contributed by atoms with Crippen molar-refractivity contribution in [3.05, 3.63) is 22.8 Å². The highest BCUT2D eigenvalue weighted by molar-refractivity contribution is 6.32. The van der Waals surface area contributed by atoms with Gasteiger partial charge in [0.2, 0.25) is 0 Å². The third-order valence-electron chi connectivity index (χ3n) is 4.10. The second-order valence-corrected chi connectivity index (χ2v) is 7.10. The Bertz CT molecular complexity index is 602. The first-order chi connectivity index (χ1) is 11.7. The van der Waals surface area contributed by atoms with E-state index in [2.05, 4.69) is 10.3 Å². The fraction of sp³-hybridized carbons (Fsp3) is 0.625. The largest absolute Gasteiger partial charge is 0.419 e. The predicted molar refractivity (Wildman–Crippen MR) is 88.6 cm³/mol. The molecule has 0 atom stereocenters. The number of rotatable bonds is 5. The molecule has 9 heteroatoms. The summed E-state index contributed by atoms with van der Waals surface area (Å²) >= 11 is 6.02. The van der Waals surface area contributed by atoms with Gasteiger partial charge in [-0.1, -0.05) is 25.4 Å². The van der Waals surface area contributed by atoms with Crippen LogP contribution in [0.3, 0.4) is 0 Å². The van der Waals surface area contributed by atoms with Crippen molar-refractivity contribution in [2.24, 2.45) is 5.92 Å². The van der Waals surface area contributed by atoms with E-state index in [0.717, 1.165) is 30.3 Å². The molecular weight excluding hydrogens is 357 g/mol. The molecule has 1 fully saturated rings. The van der Waals surface area contributed by atoms with Crippen LogP contribution < -0.4 is 20.1 Å². The number of halogens is 4. The number of quaternary nitrogens is 1. The third-order valence-corrected chi connectivity index (χ3v) is 4.39. The van der Waals surface area contributed by atoms with Gasteiger partial charge < -0.3 is 10.2 Å². The maximum Gasteiger partial charge on any atom is 0.419 e. The van der Waals surface area contributed by atoms with E-state index in [4.69, 9.17) is 11.6 Å². The van der Waals surface area contributed by atoms with Gasteiger partial charge in [-0.05, 0) is 12.0 Å². The third kappa shape index (κ3) is 5.74. The Morgan fingerprint density at radius 1 is 1.40 bits per heavy atom. The zero-order valence-corrected chi connectivity index (χ0v) is 15.1. The maximum absolute atomic E-state index is 12.7. The number of alkyl halides is 3. The van der Waals surface area contributed by atoms with Gasteiger partial charge in [-0.3, -0.25) is 4.79 Å². The van der Waals surface area contributed by atoms with Crippen LogP contribution in [0.1, 0.15) is 19.4 Å². The highest BCUT2D eigenvalue weighted by Gasteiger charge is 2.35. The number of carbonyl (C=O) groups is 1. The summed E-state index contributed by atoms with van der Waals surface area (Å²) < 4.78 is 38.1. The fourth-order valence-corrected chi connectivity index (χ4v) is 2.99. The first kappa shape index (κ1) is 19.8. The Morgan fingerprint density at radius 2 is 2.04 bits per heavy atom. The lowest BCUT2D eigenvalue weighted by molar-refractivity contribution is -0.892. The summed E-state index contributed by atoms with van der Waals surface area (Å²) in [6, 6.07) is 0.936. The Balaban J connectivity index is 1.89. The highest BCUT2D eigenvalue weighted by atomic mass is 35.5. The minimum Gasteiger partial charge on any atom is -0.351 e. The number of anilines is 1. The van der Waals surface area contributed by atoms with Crippen LogP contribution in [0, 0.1) is 5.92 Å². The molecule has 3 N–H and O–H groups in total. The molecule has 1 amide bonds. The molecule has 0 spiro atoms. The molecule has 0 aliphatic carbocycles. The molecule has 2 rings (SSSR count). The normalized spacial score (nSPS) is 16.4. The van der Waals surface area contributed by atoms with E-state index in [1.807, 2.05) is 18.7 Å². The summed E-state index contributed by atoms with van der Waals surface area (Å²) in [5.41, 5.74) is -0.799. The minimum atomic E-state index is -4.43. The van der Waals surface area contributed by atoms with Gasteiger partial charge in [0.25, 0.3) is 11.7 Å². The van der Waals surface area contributed by atoms with E-state index in [9.17, 15) is 18.0 Å². The number of hydrogen-bond acceptors (Lipinski definition) is 2. The average molecular weight is 381 g/mol. The number of pyridine rings is 1. The van der Waals surface area contributed by atoms with Gasteiger partial charge in [0.05, 0.1) is 5.56 Å². The van der Waals surface area contributed by atoms with Crippen molar-refractivity contribution in [1.29, 1.82) is 0 Å². The molecule has 1 saturated heterocycles. The Morgan fingerprint density at radius 3 is 2.56 bits per heavy atom. The van der Waals surface area contributed by atoms with Crippen LogP contribution in [0.4, 0.5) is 19.0 Å². The zero-order chi connectivity index (χ0) is 18.6. The number of carbonyl (C=O) groups excluding carboxylic acids is 1. The van der Waals surface area contributed by atoms with E-state index in [-0.39, 0.29) is 10.9 Å². The molecule has 25 heavy (non-hydrogen) atoms. The predicted octanol–water partition coefficient (Wildman–Crippen LogP) is 0.650. The van der Waals surface area contributed by atoms with Crippen LogP contribution in [0.2, 0.25) is 5.02 Å². The van der Waals surface area contributed by atoms with Crippen molar-refractivity contribution >= 4 is 23.3 Å². The molecule has 1 aromatic rings. The number of aromatic amines is 1. The molecule has 1 aliphatic rings. The van der Waals surface area contributed by atoms with Gasteiger partial charge in [-0.15, -0.1) is 0 Å². The van der Waals surface area contributed by atoms with E-state index in [1.54, 1.807) is 0 Å². The van der Waals surface area contributed by atoms with Crippen LogP contribution >= 0.6 is 11.6 Å². The SMILES string of the molecule is CC(C)CNC(=O)C[NH+]1CCN(c2[nH+]cc(C(F)(F)F)cc2Cl)CC1. The van der Waals surface area contributed by atoms with E-state index in [0.29, 0.717) is 37.9 Å². The maximum atomic E-state index is 12.7. The van der Waals surface area contributed by atoms with Crippen LogP contribution in [0.25, 0.3) is 0 Å². The second kappa shape index (κ2) is 8.23. The van der Waals surface area contributed by atoms with E-state index >= 15 is 0 Å². The molecular formula is C16H24ClF3N4O+2. The van der Waals surface area contributed by atoms with Gasteiger partial charge in [0.15, 0.2) is 6.54 Å². The molecule has 0 saturated carbocycles. The topological polar surface area (TPSA) is 50.9 Å². The smallest absolute Gasteiger partial charge is 0.351 e. The zero-order valence-electron chi connectivity index (χ0n) is 14.3. The van der Waals surface area contributed by atoms with E-state index in [1.165, 1.54) is 0 Å². The number of aromatic nitrogens is 1. The fourth-order valence-electron chi connectivity index (χ4n) is 2.70. The van der Waals surface area contributed by atoms with Gasteiger partial charge in [-0.25, -0.2) is 9.88 Å². The molecule has 2 heterocycles. The number of piperazine rings is 1. The second-order valence-electron chi connectivity index (χ2n) is 6.69. The first-order valence-electron chi connectivity index (χ1n) is 8.30. The lowest BCUT2D eigenvalue weighted by Crippen LogP contribution is -3.16. The van der Waals surface area contributed by atoms with Crippen LogP contribution in [-0.4, -0.2) is 45.2 Å². The number of H-pyrrole nitrogens is 1. The van der Waals surface area contributed by atoms with Crippen LogP contribution in [0.15, 0.2) is 12.3 Å². The minimum absolute atomic E-state index is 0.0243. The average Bonchev–Trinajstić information content (AvgIpc) is 2.53. The Labute approximate surface area is 150 Å². The summed E-state index contributed by atoms with van der Waals surface area (Å²) in [5.74, 6) is 0.919. The van der Waals surface area contributed by atoms with Gasteiger partial charge in [0, 0.05) is 6.54 Å². The monoisotopic (exact) mass is 380 g/mol. The molecule has 5 nitrogen and oxygen atoms in total. The van der Waals surface area contributed by atoms with Crippen LogP contribution in [-0.2, 0) is 11.0 Å². The number of hydrogen-bond donors (Lipinski definition) is 2. The summed E-state index contributed by atoms with van der Waals surface area (Å²) in [6.07, 6.45) is -3.50. The van der Waals surface area contributed by atoms with Crippen molar-refractivity contribution in [3.63, 3.8) is 0 Å². The van der Waals surface area contributed by atoms with Gasteiger partial charge >= 0.3 is 6.18 Å². The first-order valence-corrected chi connectivity index (χ1v) is 8.68. The molecule has 0 aromatic carbocycles. The lowest BCUT2D eigenvalue weighted by atomic mass is 10.2. The van der Waals surface area contributed by atoms with Crippen LogP contribution in [0.5, 0.6) is 0 Å². The molecule has 0 bridgehead atoms. The number of nitrogens with one attached hydrogen (secondary N) is 3. The molecule has 0 radical (unpaired) electrons. The van der Waals surface area contributed by atoms with Crippen molar-refractivity contribution < 1.29 is 27.8 Å². The summed E-state index contributed by atoms with van der Waals surface area (Å²) in [6.45, 7) is 7.83. The molecule has 1 aromatic heterocycles. The highest BCUT2D eigenvalue weighted by Crippen LogP contribution is 2.31. The standard InChI is InChI=1S/C16H22ClF3N4O/c1-11(2)8-21-14(25)10-23-3-5-24(6-4-23)15-13(17)7-12(9-22-15)16(18,19)20/h7,9,11H,3-6,8,10H2,1-2H3,(H,21,25)/p+2. The molecule has 0 unspecified atom stereocenters. The Hall–Kier alpha value is -1.54. The Kier molecular flexibility index (Phi) is 6.51. The quantitative estimate of drug-likeness (QED) is 0.788. The van der Waals surface area contributed by atoms with Crippen molar-refractivity contribution in [1.82, 2.24) is 5.32 Å². The summed E-state index contributed by atoms with van der Waals surface area (Å²) in [5, 5.41) is 2.94. The summed E-state index contributed by atoms with van der Waals surface area (Å²) in [7, 11) is 0. The molecule has 140 valence electrons. The van der Waals surface area contributed by atoms with E-state index < -0.39 is 11.7 Å². The van der Waals surface area contributed by atoms with Crippen molar-refractivity contribution in [2.45, 2.75) is 20.0 Å².